The number of rotatable bonds is 0. The van der Waals surface area contributed by atoms with Crippen LogP contribution in [-0.4, -0.2) is 6.61 Å². The van der Waals surface area contributed by atoms with Gasteiger partial charge in [0.1, 0.15) is 0 Å². The highest BCUT2D eigenvalue weighted by molar-refractivity contribution is 5.33. The van der Waals surface area contributed by atoms with Crippen molar-refractivity contribution in [2.24, 2.45) is 0 Å². The molecule has 0 N–H and O–H groups in total. The van der Waals surface area contributed by atoms with Crippen molar-refractivity contribution in [3.05, 3.63) is 41.8 Å². The summed E-state index contributed by atoms with van der Waals surface area (Å²) in [5, 5.41) is 0. The van der Waals surface area contributed by atoms with Crippen LogP contribution in [0.15, 0.2) is 24.3 Å². The molecule has 0 spiro atoms. The maximum absolute atomic E-state index is 5.18. The molecule has 0 unspecified atom stereocenters. The van der Waals surface area contributed by atoms with E-state index in [0.717, 1.165) is 6.61 Å². The minimum absolute atomic E-state index is 0.636. The number of benzene rings is 1. The Bertz CT molecular complexity index is 205. The fourth-order valence-corrected chi connectivity index (χ4v) is 1.11. The van der Waals surface area contributed by atoms with Gasteiger partial charge in [-0.2, -0.15) is 0 Å². The molecular formula is C9H8O. The van der Waals surface area contributed by atoms with Crippen LogP contribution in [0, 0.1) is 6.42 Å². The molecule has 1 aliphatic rings. The molecule has 1 aromatic rings. The van der Waals surface area contributed by atoms with E-state index in [1.54, 1.807) is 0 Å². The summed E-state index contributed by atoms with van der Waals surface area (Å²) < 4.78 is 5.18. The molecule has 2 radical (unpaired) electrons. The lowest BCUT2D eigenvalue weighted by Crippen LogP contribution is -2.06. The predicted molar refractivity (Wildman–Crippen MR) is 38.4 cm³/mol. The molecule has 1 aromatic carbocycles. The van der Waals surface area contributed by atoms with E-state index in [-0.39, 0.29) is 0 Å². The quantitative estimate of drug-likeness (QED) is 0.521. The Morgan fingerprint density at radius 2 is 2.20 bits per heavy atom. The highest BCUT2D eigenvalue weighted by Gasteiger charge is 2.07. The maximum Gasteiger partial charge on any atom is 0.0720 e. The summed E-state index contributed by atoms with van der Waals surface area (Å²) in [5.74, 6) is 0. The van der Waals surface area contributed by atoms with E-state index >= 15 is 0 Å². The molecule has 1 aliphatic heterocycles. The predicted octanol–water partition coefficient (Wildman–Crippen LogP) is 1.65. The van der Waals surface area contributed by atoms with Gasteiger partial charge in [-0.05, 0) is 11.1 Å². The fourth-order valence-electron chi connectivity index (χ4n) is 1.11. The first kappa shape index (κ1) is 5.93. The molecule has 0 saturated carbocycles. The molecule has 50 valence electrons. The number of ether oxygens (including phenoxy) is 1. The van der Waals surface area contributed by atoms with E-state index in [9.17, 15) is 0 Å². The highest BCUT2D eigenvalue weighted by Crippen LogP contribution is 2.16. The van der Waals surface area contributed by atoms with Gasteiger partial charge in [0, 0.05) is 6.42 Å². The topological polar surface area (TPSA) is 9.23 Å². The third-order valence-electron chi connectivity index (χ3n) is 1.64. The zero-order chi connectivity index (χ0) is 6.81. The van der Waals surface area contributed by atoms with Crippen LogP contribution in [0.4, 0.5) is 0 Å². The second kappa shape index (κ2) is 2.43. The average molecular weight is 132 g/mol. The monoisotopic (exact) mass is 132 g/mol. The zero-order valence-corrected chi connectivity index (χ0v) is 5.63. The Hall–Kier alpha value is -0.820. The first-order valence-corrected chi connectivity index (χ1v) is 3.36. The molecule has 0 fully saturated rings. The summed E-state index contributed by atoms with van der Waals surface area (Å²) in [6.07, 6.45) is 3.14. The Balaban J connectivity index is 2.41. The number of hydrogen-bond donors (Lipinski definition) is 0. The Labute approximate surface area is 60.6 Å². The van der Waals surface area contributed by atoms with Crippen molar-refractivity contribution >= 4 is 0 Å². The van der Waals surface area contributed by atoms with Crippen LogP contribution >= 0.6 is 0 Å². The zero-order valence-electron chi connectivity index (χ0n) is 5.63. The van der Waals surface area contributed by atoms with E-state index in [2.05, 4.69) is 18.6 Å². The third-order valence-corrected chi connectivity index (χ3v) is 1.64. The largest absolute Gasteiger partial charge is 0.376 e. The number of hydrogen-bond acceptors (Lipinski definition) is 1. The SMILES string of the molecule is [C]1COCc2ccccc21. The van der Waals surface area contributed by atoms with Crippen molar-refractivity contribution in [1.29, 1.82) is 0 Å². The van der Waals surface area contributed by atoms with E-state index in [1.165, 1.54) is 11.1 Å². The molecule has 0 bridgehead atoms. The molecule has 0 aliphatic carbocycles. The summed E-state index contributed by atoms with van der Waals surface area (Å²) in [6.45, 7) is 1.38. The van der Waals surface area contributed by atoms with Crippen molar-refractivity contribution in [1.82, 2.24) is 0 Å². The fraction of sp³-hybridized carbons (Fsp3) is 0.222. The van der Waals surface area contributed by atoms with Crippen LogP contribution in [0.2, 0.25) is 0 Å². The molecule has 0 atom stereocenters. The molecule has 10 heavy (non-hydrogen) atoms. The van der Waals surface area contributed by atoms with Gasteiger partial charge in [-0.15, -0.1) is 0 Å². The van der Waals surface area contributed by atoms with Crippen LogP contribution in [0.1, 0.15) is 11.1 Å². The average Bonchev–Trinajstić information content (AvgIpc) is 2.05. The number of fused-ring (bicyclic) bond motifs is 1. The van der Waals surface area contributed by atoms with E-state index < -0.39 is 0 Å². The Morgan fingerprint density at radius 1 is 1.30 bits per heavy atom. The lowest BCUT2D eigenvalue weighted by atomic mass is 10.0. The minimum Gasteiger partial charge on any atom is -0.376 e. The first-order chi connectivity index (χ1) is 4.97. The second-order valence-electron chi connectivity index (χ2n) is 2.33. The molecule has 1 heteroatoms. The maximum atomic E-state index is 5.18. The van der Waals surface area contributed by atoms with Gasteiger partial charge in [0.05, 0.1) is 13.2 Å². The molecule has 0 amide bonds. The molecular weight excluding hydrogens is 124 g/mol. The molecule has 1 heterocycles. The third kappa shape index (κ3) is 0.929. The summed E-state index contributed by atoms with van der Waals surface area (Å²) in [6, 6.07) is 8.19. The van der Waals surface area contributed by atoms with Gasteiger partial charge < -0.3 is 4.74 Å². The molecule has 0 saturated heterocycles. The summed E-state index contributed by atoms with van der Waals surface area (Å²) >= 11 is 0. The summed E-state index contributed by atoms with van der Waals surface area (Å²) in [5.41, 5.74) is 2.45. The standard InChI is InChI=1S/C9H8O/c1-2-4-9-7-10-6-5-8(9)3-1/h1-4H,6-7H2. The van der Waals surface area contributed by atoms with Crippen LogP contribution in [0.3, 0.4) is 0 Å². The molecule has 0 aromatic heterocycles. The second-order valence-corrected chi connectivity index (χ2v) is 2.33. The first-order valence-electron chi connectivity index (χ1n) is 3.36. The van der Waals surface area contributed by atoms with E-state index in [1.807, 2.05) is 12.1 Å². The normalized spacial score (nSPS) is 16.4. The smallest absolute Gasteiger partial charge is 0.0720 e. The van der Waals surface area contributed by atoms with Gasteiger partial charge in [-0.3, -0.25) is 0 Å². The van der Waals surface area contributed by atoms with E-state index in [0.29, 0.717) is 6.61 Å². The van der Waals surface area contributed by atoms with Crippen molar-refractivity contribution < 1.29 is 4.74 Å². The van der Waals surface area contributed by atoms with E-state index in [4.69, 9.17) is 4.74 Å². The van der Waals surface area contributed by atoms with Gasteiger partial charge in [0.15, 0.2) is 0 Å². The van der Waals surface area contributed by atoms with Crippen LogP contribution < -0.4 is 0 Å². The van der Waals surface area contributed by atoms with Gasteiger partial charge in [0.2, 0.25) is 0 Å². The molecule has 1 nitrogen and oxygen atoms in total. The van der Waals surface area contributed by atoms with Gasteiger partial charge >= 0.3 is 0 Å². The van der Waals surface area contributed by atoms with Crippen molar-refractivity contribution in [3.8, 4) is 0 Å². The minimum atomic E-state index is 0.636. The van der Waals surface area contributed by atoms with Crippen molar-refractivity contribution in [3.63, 3.8) is 0 Å². The van der Waals surface area contributed by atoms with Crippen molar-refractivity contribution in [2.45, 2.75) is 6.61 Å². The summed E-state index contributed by atoms with van der Waals surface area (Å²) in [4.78, 5) is 0. The lowest BCUT2D eigenvalue weighted by Gasteiger charge is -2.14. The van der Waals surface area contributed by atoms with Crippen molar-refractivity contribution in [2.75, 3.05) is 6.61 Å². The van der Waals surface area contributed by atoms with Gasteiger partial charge in [-0.25, -0.2) is 0 Å². The lowest BCUT2D eigenvalue weighted by molar-refractivity contribution is 0.132. The Morgan fingerprint density at radius 3 is 3.10 bits per heavy atom. The van der Waals surface area contributed by atoms with Crippen LogP contribution in [0.25, 0.3) is 0 Å². The van der Waals surface area contributed by atoms with Gasteiger partial charge in [0.25, 0.3) is 0 Å². The van der Waals surface area contributed by atoms with Crippen LogP contribution in [0.5, 0.6) is 0 Å². The van der Waals surface area contributed by atoms with Crippen LogP contribution in [-0.2, 0) is 11.3 Å². The molecule has 2 rings (SSSR count). The summed E-state index contributed by atoms with van der Waals surface area (Å²) in [7, 11) is 0. The Kier molecular flexibility index (Phi) is 1.44. The highest BCUT2D eigenvalue weighted by atomic mass is 16.5. The van der Waals surface area contributed by atoms with Gasteiger partial charge in [-0.1, -0.05) is 24.3 Å².